The van der Waals surface area contributed by atoms with E-state index in [-0.39, 0.29) is 0 Å². The average Bonchev–Trinajstić information content (AvgIpc) is 2.61. The van der Waals surface area contributed by atoms with E-state index in [4.69, 9.17) is 4.74 Å². The van der Waals surface area contributed by atoms with Gasteiger partial charge in [-0.15, -0.1) is 0 Å². The predicted octanol–water partition coefficient (Wildman–Crippen LogP) is 2.61. The lowest BCUT2D eigenvalue weighted by Gasteiger charge is -2.12. The van der Waals surface area contributed by atoms with E-state index >= 15 is 0 Å². The predicted molar refractivity (Wildman–Crippen MR) is 95.6 cm³/mol. The number of nitrogens with one attached hydrogen (secondary N) is 2. The van der Waals surface area contributed by atoms with Crippen molar-refractivity contribution in [1.29, 1.82) is 0 Å². The molecular formula is C19H25N3O. The van der Waals surface area contributed by atoms with Crippen LogP contribution in [-0.4, -0.2) is 32.7 Å². The van der Waals surface area contributed by atoms with Crippen LogP contribution < -0.4 is 10.6 Å². The van der Waals surface area contributed by atoms with Crippen LogP contribution in [0.3, 0.4) is 0 Å². The van der Waals surface area contributed by atoms with E-state index in [0.29, 0.717) is 13.2 Å². The molecule has 4 nitrogen and oxygen atoms in total. The van der Waals surface area contributed by atoms with E-state index in [0.717, 1.165) is 25.5 Å². The van der Waals surface area contributed by atoms with Crippen molar-refractivity contribution < 1.29 is 4.74 Å². The summed E-state index contributed by atoms with van der Waals surface area (Å²) in [5.74, 6) is 0.809. The van der Waals surface area contributed by atoms with E-state index in [2.05, 4.69) is 52.0 Å². The molecule has 0 aliphatic rings. The number of guanidine groups is 1. The van der Waals surface area contributed by atoms with E-state index in [1.165, 1.54) is 11.1 Å². The van der Waals surface area contributed by atoms with Gasteiger partial charge in [0.1, 0.15) is 0 Å². The van der Waals surface area contributed by atoms with Gasteiger partial charge in [0.25, 0.3) is 0 Å². The molecule has 0 spiro atoms. The van der Waals surface area contributed by atoms with Crippen LogP contribution >= 0.6 is 0 Å². The molecule has 0 saturated carbocycles. The Balaban J connectivity index is 1.56. The molecular weight excluding hydrogens is 286 g/mol. The standard InChI is InChI=1S/C19H25N3O/c1-20-19(21-13-12-17-8-4-2-5-9-17)22-14-15-23-16-18-10-6-3-7-11-18/h2-11H,12-16H2,1H3,(H2,20,21,22). The first-order chi connectivity index (χ1) is 11.4. The average molecular weight is 311 g/mol. The fourth-order valence-corrected chi connectivity index (χ4v) is 2.20. The maximum Gasteiger partial charge on any atom is 0.191 e. The highest BCUT2D eigenvalue weighted by Crippen LogP contribution is 2.00. The van der Waals surface area contributed by atoms with Crippen LogP contribution in [0.2, 0.25) is 0 Å². The molecule has 0 bridgehead atoms. The molecule has 0 atom stereocenters. The van der Waals surface area contributed by atoms with Crippen LogP contribution in [0.5, 0.6) is 0 Å². The maximum atomic E-state index is 5.64. The van der Waals surface area contributed by atoms with Gasteiger partial charge in [-0.05, 0) is 17.5 Å². The number of benzene rings is 2. The van der Waals surface area contributed by atoms with E-state index in [9.17, 15) is 0 Å². The third-order valence-corrected chi connectivity index (χ3v) is 3.42. The molecule has 0 radical (unpaired) electrons. The molecule has 4 heteroatoms. The summed E-state index contributed by atoms with van der Waals surface area (Å²) >= 11 is 0. The Morgan fingerprint density at radius 2 is 1.48 bits per heavy atom. The number of hydrogen-bond donors (Lipinski definition) is 2. The van der Waals surface area contributed by atoms with Crippen LogP contribution in [0.25, 0.3) is 0 Å². The van der Waals surface area contributed by atoms with Crippen molar-refractivity contribution in [2.75, 3.05) is 26.7 Å². The zero-order chi connectivity index (χ0) is 16.2. The molecule has 0 fully saturated rings. The largest absolute Gasteiger partial charge is 0.375 e. The highest BCUT2D eigenvalue weighted by molar-refractivity contribution is 5.79. The fraction of sp³-hybridized carbons (Fsp3) is 0.316. The highest BCUT2D eigenvalue weighted by atomic mass is 16.5. The van der Waals surface area contributed by atoms with Crippen LogP contribution in [0.1, 0.15) is 11.1 Å². The molecule has 23 heavy (non-hydrogen) atoms. The minimum Gasteiger partial charge on any atom is -0.375 e. The lowest BCUT2D eigenvalue weighted by atomic mass is 10.1. The minimum absolute atomic E-state index is 0.641. The van der Waals surface area contributed by atoms with Crippen molar-refractivity contribution in [3.05, 3.63) is 71.8 Å². The zero-order valence-corrected chi connectivity index (χ0v) is 13.7. The van der Waals surface area contributed by atoms with Crippen molar-refractivity contribution in [3.63, 3.8) is 0 Å². The molecule has 0 heterocycles. The van der Waals surface area contributed by atoms with Gasteiger partial charge in [-0.3, -0.25) is 4.99 Å². The summed E-state index contributed by atoms with van der Waals surface area (Å²) in [5.41, 5.74) is 2.51. The molecule has 0 aliphatic carbocycles. The van der Waals surface area contributed by atoms with Crippen LogP contribution in [0.4, 0.5) is 0 Å². The molecule has 2 aromatic carbocycles. The lowest BCUT2D eigenvalue weighted by Crippen LogP contribution is -2.39. The van der Waals surface area contributed by atoms with Gasteiger partial charge in [-0.25, -0.2) is 0 Å². The minimum atomic E-state index is 0.641. The first-order valence-corrected chi connectivity index (χ1v) is 7.98. The van der Waals surface area contributed by atoms with Crippen molar-refractivity contribution in [2.45, 2.75) is 13.0 Å². The Kier molecular flexibility index (Phi) is 7.70. The van der Waals surface area contributed by atoms with Gasteiger partial charge in [0.2, 0.25) is 0 Å². The third kappa shape index (κ3) is 6.98. The highest BCUT2D eigenvalue weighted by Gasteiger charge is 1.98. The quantitative estimate of drug-likeness (QED) is 0.447. The summed E-state index contributed by atoms with van der Waals surface area (Å²) in [5, 5.41) is 6.57. The van der Waals surface area contributed by atoms with Gasteiger partial charge in [-0.1, -0.05) is 60.7 Å². The smallest absolute Gasteiger partial charge is 0.191 e. The van der Waals surface area contributed by atoms with Gasteiger partial charge < -0.3 is 15.4 Å². The first-order valence-electron chi connectivity index (χ1n) is 7.98. The van der Waals surface area contributed by atoms with E-state index < -0.39 is 0 Å². The molecule has 2 rings (SSSR count). The lowest BCUT2D eigenvalue weighted by molar-refractivity contribution is 0.125. The molecule has 122 valence electrons. The number of nitrogens with zero attached hydrogens (tertiary/aromatic N) is 1. The Morgan fingerprint density at radius 3 is 2.13 bits per heavy atom. The molecule has 0 aliphatic heterocycles. The van der Waals surface area contributed by atoms with Gasteiger partial charge in [0.15, 0.2) is 5.96 Å². The van der Waals surface area contributed by atoms with Crippen LogP contribution in [0.15, 0.2) is 65.7 Å². The molecule has 2 N–H and O–H groups in total. The van der Waals surface area contributed by atoms with Gasteiger partial charge in [0.05, 0.1) is 13.2 Å². The topological polar surface area (TPSA) is 45.7 Å². The van der Waals surface area contributed by atoms with Gasteiger partial charge in [0, 0.05) is 20.1 Å². The Bertz CT molecular complexity index is 570. The summed E-state index contributed by atoms with van der Waals surface area (Å²) in [6, 6.07) is 20.6. The SMILES string of the molecule is CN=C(NCCOCc1ccccc1)NCCc1ccccc1. The summed E-state index contributed by atoms with van der Waals surface area (Å²) in [4.78, 5) is 4.21. The normalized spacial score (nSPS) is 11.3. The van der Waals surface area contributed by atoms with Crippen LogP contribution in [-0.2, 0) is 17.8 Å². The van der Waals surface area contributed by atoms with Crippen molar-refractivity contribution in [1.82, 2.24) is 10.6 Å². The molecule has 0 aromatic heterocycles. The molecule has 0 amide bonds. The summed E-state index contributed by atoms with van der Waals surface area (Å²) < 4.78 is 5.64. The van der Waals surface area contributed by atoms with E-state index in [1.54, 1.807) is 7.05 Å². The van der Waals surface area contributed by atoms with Crippen molar-refractivity contribution in [2.24, 2.45) is 4.99 Å². The third-order valence-electron chi connectivity index (χ3n) is 3.42. The van der Waals surface area contributed by atoms with Crippen molar-refractivity contribution in [3.8, 4) is 0 Å². The summed E-state index contributed by atoms with van der Waals surface area (Å²) in [6.07, 6.45) is 0.978. The zero-order valence-electron chi connectivity index (χ0n) is 13.7. The summed E-state index contributed by atoms with van der Waals surface area (Å²) in [6.45, 7) is 2.88. The Hall–Kier alpha value is -2.33. The van der Waals surface area contributed by atoms with Crippen LogP contribution in [0, 0.1) is 0 Å². The number of ether oxygens (including phenoxy) is 1. The van der Waals surface area contributed by atoms with Gasteiger partial charge >= 0.3 is 0 Å². The maximum absolute atomic E-state index is 5.64. The monoisotopic (exact) mass is 311 g/mol. The summed E-state index contributed by atoms with van der Waals surface area (Å²) in [7, 11) is 1.78. The van der Waals surface area contributed by atoms with Gasteiger partial charge in [-0.2, -0.15) is 0 Å². The fourth-order valence-electron chi connectivity index (χ4n) is 2.20. The number of aliphatic imine (C=N–C) groups is 1. The molecule has 0 unspecified atom stereocenters. The second-order valence-electron chi connectivity index (χ2n) is 5.20. The Labute approximate surface area is 138 Å². The molecule has 2 aromatic rings. The second-order valence-corrected chi connectivity index (χ2v) is 5.20. The first kappa shape index (κ1) is 17.0. The molecule has 0 saturated heterocycles. The number of rotatable bonds is 8. The van der Waals surface area contributed by atoms with E-state index in [1.807, 2.05) is 24.3 Å². The Morgan fingerprint density at radius 1 is 0.870 bits per heavy atom. The number of hydrogen-bond acceptors (Lipinski definition) is 2. The van der Waals surface area contributed by atoms with Crippen molar-refractivity contribution >= 4 is 5.96 Å². The second kappa shape index (κ2) is 10.4.